The van der Waals surface area contributed by atoms with E-state index in [-0.39, 0.29) is 11.5 Å². The zero-order valence-electron chi connectivity index (χ0n) is 16.5. The summed E-state index contributed by atoms with van der Waals surface area (Å²) in [6, 6.07) is 17.3. The molecule has 1 aliphatic heterocycles. The zero-order chi connectivity index (χ0) is 21.1. The van der Waals surface area contributed by atoms with Crippen molar-refractivity contribution in [1.29, 1.82) is 0 Å². The number of hydrogen-bond acceptors (Lipinski definition) is 5. The number of aromatic nitrogens is 2. The van der Waals surface area contributed by atoms with Crippen LogP contribution in [-0.2, 0) is 0 Å². The highest BCUT2D eigenvalue weighted by molar-refractivity contribution is 6.30. The Hall–Kier alpha value is -3.32. The minimum atomic E-state index is -0.208. The highest BCUT2D eigenvalue weighted by atomic mass is 35.5. The molecule has 30 heavy (non-hydrogen) atoms. The van der Waals surface area contributed by atoms with Crippen molar-refractivity contribution >= 4 is 23.3 Å². The molecule has 0 radical (unpaired) electrons. The molecular formula is C22H21ClN4O3. The summed E-state index contributed by atoms with van der Waals surface area (Å²) in [7, 11) is 1.59. The van der Waals surface area contributed by atoms with Crippen molar-refractivity contribution in [3.05, 3.63) is 81.6 Å². The van der Waals surface area contributed by atoms with E-state index in [1.54, 1.807) is 61.7 Å². The predicted molar refractivity (Wildman–Crippen MR) is 116 cm³/mol. The van der Waals surface area contributed by atoms with Gasteiger partial charge in [0.15, 0.2) is 0 Å². The second kappa shape index (κ2) is 8.59. The van der Waals surface area contributed by atoms with Crippen molar-refractivity contribution in [3.63, 3.8) is 0 Å². The maximum absolute atomic E-state index is 12.7. The van der Waals surface area contributed by atoms with Gasteiger partial charge in [-0.3, -0.25) is 9.59 Å². The minimum Gasteiger partial charge on any atom is -0.497 e. The van der Waals surface area contributed by atoms with Gasteiger partial charge >= 0.3 is 0 Å². The Morgan fingerprint density at radius 1 is 0.933 bits per heavy atom. The summed E-state index contributed by atoms with van der Waals surface area (Å²) in [6.45, 7) is 2.41. The number of rotatable bonds is 4. The smallest absolute Gasteiger partial charge is 0.271 e. The lowest BCUT2D eigenvalue weighted by atomic mass is 10.2. The Kier molecular flexibility index (Phi) is 5.72. The van der Waals surface area contributed by atoms with E-state index in [0.717, 1.165) is 0 Å². The van der Waals surface area contributed by atoms with Crippen molar-refractivity contribution in [1.82, 2.24) is 14.7 Å². The molecule has 0 atom stereocenters. The molecule has 1 fully saturated rings. The number of methoxy groups -OCH3 is 1. The van der Waals surface area contributed by atoms with Gasteiger partial charge in [-0.2, -0.15) is 4.68 Å². The van der Waals surface area contributed by atoms with Crippen molar-refractivity contribution in [2.75, 3.05) is 38.2 Å². The third kappa shape index (κ3) is 4.16. The normalized spacial score (nSPS) is 13.9. The van der Waals surface area contributed by atoms with Gasteiger partial charge in [0.2, 0.25) is 0 Å². The van der Waals surface area contributed by atoms with Gasteiger partial charge < -0.3 is 14.5 Å². The molecule has 0 unspecified atom stereocenters. The van der Waals surface area contributed by atoms with Crippen LogP contribution in [0.4, 0.5) is 5.82 Å². The van der Waals surface area contributed by atoms with Crippen LogP contribution in [0.15, 0.2) is 65.5 Å². The maximum atomic E-state index is 12.7. The standard InChI is InChI=1S/C22H21ClN4O3/c1-30-19-8-6-18(7-9-19)27-21(28)11-10-20(24-27)25-12-14-26(15-13-25)22(29)16-2-4-17(23)5-3-16/h2-11H,12-15H2,1H3. The van der Waals surface area contributed by atoms with Gasteiger partial charge in [-0.25, -0.2) is 0 Å². The largest absolute Gasteiger partial charge is 0.497 e. The lowest BCUT2D eigenvalue weighted by molar-refractivity contribution is 0.0746. The highest BCUT2D eigenvalue weighted by Crippen LogP contribution is 2.17. The number of carbonyl (C=O) groups is 1. The van der Waals surface area contributed by atoms with Gasteiger partial charge in [0.25, 0.3) is 11.5 Å². The summed E-state index contributed by atoms with van der Waals surface area (Å²) in [6.07, 6.45) is 0. The number of amides is 1. The minimum absolute atomic E-state index is 0.0116. The average Bonchev–Trinajstić information content (AvgIpc) is 2.80. The molecule has 1 amide bonds. The van der Waals surface area contributed by atoms with Crippen LogP contribution < -0.4 is 15.2 Å². The number of benzene rings is 2. The lowest BCUT2D eigenvalue weighted by Crippen LogP contribution is -2.49. The fourth-order valence-corrected chi connectivity index (χ4v) is 3.52. The Bertz CT molecular complexity index is 1090. The molecule has 0 bridgehead atoms. The molecule has 1 aliphatic rings. The number of hydrogen-bond donors (Lipinski definition) is 0. The van der Waals surface area contributed by atoms with E-state index in [4.69, 9.17) is 16.3 Å². The molecule has 3 aromatic rings. The monoisotopic (exact) mass is 424 g/mol. The zero-order valence-corrected chi connectivity index (χ0v) is 17.2. The molecule has 4 rings (SSSR count). The van der Waals surface area contributed by atoms with Crippen LogP contribution in [0, 0.1) is 0 Å². The molecule has 0 N–H and O–H groups in total. The summed E-state index contributed by atoms with van der Waals surface area (Å²) in [4.78, 5) is 28.9. The van der Waals surface area contributed by atoms with E-state index < -0.39 is 0 Å². The molecule has 1 aromatic heterocycles. The Labute approximate surface area is 179 Å². The Morgan fingerprint density at radius 2 is 1.60 bits per heavy atom. The van der Waals surface area contributed by atoms with E-state index in [1.807, 2.05) is 4.90 Å². The van der Waals surface area contributed by atoms with Crippen LogP contribution in [0.2, 0.25) is 5.02 Å². The van der Waals surface area contributed by atoms with Crippen molar-refractivity contribution in [3.8, 4) is 11.4 Å². The van der Waals surface area contributed by atoms with Crippen molar-refractivity contribution < 1.29 is 9.53 Å². The molecule has 8 heteroatoms. The predicted octanol–water partition coefficient (Wildman–Crippen LogP) is 2.86. The topological polar surface area (TPSA) is 67.7 Å². The molecule has 2 heterocycles. The number of piperazine rings is 1. The first kappa shape index (κ1) is 20.0. The van der Waals surface area contributed by atoms with Crippen LogP contribution in [0.5, 0.6) is 5.75 Å². The number of halogens is 1. The first-order valence-electron chi connectivity index (χ1n) is 9.60. The molecule has 1 saturated heterocycles. The van der Waals surface area contributed by atoms with E-state index in [1.165, 1.54) is 10.7 Å². The summed E-state index contributed by atoms with van der Waals surface area (Å²) in [5.74, 6) is 1.40. The van der Waals surface area contributed by atoms with Gasteiger partial charge in [-0.05, 0) is 54.6 Å². The molecule has 0 aliphatic carbocycles. The summed E-state index contributed by atoms with van der Waals surface area (Å²) >= 11 is 5.90. The molecule has 154 valence electrons. The van der Waals surface area contributed by atoms with E-state index in [9.17, 15) is 9.59 Å². The maximum Gasteiger partial charge on any atom is 0.271 e. The molecular weight excluding hydrogens is 404 g/mol. The lowest BCUT2D eigenvalue weighted by Gasteiger charge is -2.35. The van der Waals surface area contributed by atoms with Gasteiger partial charge in [-0.15, -0.1) is 5.10 Å². The van der Waals surface area contributed by atoms with Crippen molar-refractivity contribution in [2.45, 2.75) is 0 Å². The summed E-state index contributed by atoms with van der Waals surface area (Å²) in [5.41, 5.74) is 1.08. The Morgan fingerprint density at radius 3 is 2.23 bits per heavy atom. The highest BCUT2D eigenvalue weighted by Gasteiger charge is 2.23. The molecule has 0 spiro atoms. The molecule has 0 saturated carbocycles. The quantitative estimate of drug-likeness (QED) is 0.644. The first-order valence-corrected chi connectivity index (χ1v) is 9.97. The fraction of sp³-hybridized carbons (Fsp3) is 0.227. The molecule has 7 nitrogen and oxygen atoms in total. The third-order valence-electron chi connectivity index (χ3n) is 5.09. The van der Waals surface area contributed by atoms with Crippen LogP contribution in [0.25, 0.3) is 5.69 Å². The number of carbonyl (C=O) groups excluding carboxylic acids is 1. The number of anilines is 1. The van der Waals surface area contributed by atoms with Crippen LogP contribution in [-0.4, -0.2) is 53.9 Å². The van der Waals surface area contributed by atoms with E-state index >= 15 is 0 Å². The van der Waals surface area contributed by atoms with E-state index in [2.05, 4.69) is 10.00 Å². The van der Waals surface area contributed by atoms with Gasteiger partial charge in [0.1, 0.15) is 11.6 Å². The summed E-state index contributed by atoms with van der Waals surface area (Å²) < 4.78 is 6.54. The van der Waals surface area contributed by atoms with Gasteiger partial charge in [0.05, 0.1) is 12.8 Å². The number of ether oxygens (including phenoxy) is 1. The van der Waals surface area contributed by atoms with Crippen LogP contribution >= 0.6 is 11.6 Å². The van der Waals surface area contributed by atoms with Crippen LogP contribution in [0.1, 0.15) is 10.4 Å². The van der Waals surface area contributed by atoms with Gasteiger partial charge in [-0.1, -0.05) is 11.6 Å². The average molecular weight is 425 g/mol. The van der Waals surface area contributed by atoms with E-state index in [0.29, 0.717) is 54.0 Å². The Balaban J connectivity index is 1.47. The second-order valence-electron chi connectivity index (χ2n) is 6.93. The van der Waals surface area contributed by atoms with Gasteiger partial charge in [0, 0.05) is 42.8 Å². The number of nitrogens with zero attached hydrogens (tertiary/aromatic N) is 4. The molecule has 2 aromatic carbocycles. The SMILES string of the molecule is COc1ccc(-n2nc(N3CCN(C(=O)c4ccc(Cl)cc4)CC3)ccc2=O)cc1. The summed E-state index contributed by atoms with van der Waals surface area (Å²) in [5, 5.41) is 5.14. The first-order chi connectivity index (χ1) is 14.5. The second-order valence-corrected chi connectivity index (χ2v) is 7.36. The third-order valence-corrected chi connectivity index (χ3v) is 5.34. The fourth-order valence-electron chi connectivity index (χ4n) is 3.39. The van der Waals surface area contributed by atoms with Crippen LogP contribution in [0.3, 0.4) is 0 Å². The van der Waals surface area contributed by atoms with Crippen molar-refractivity contribution in [2.24, 2.45) is 0 Å².